The number of methoxy groups -OCH3 is 1. The third kappa shape index (κ3) is 4.91. The maximum atomic E-state index is 12.5. The van der Waals surface area contributed by atoms with Crippen LogP contribution in [0.15, 0.2) is 18.6 Å². The number of nitrogens with zero attached hydrogens (tertiary/aromatic N) is 4. The summed E-state index contributed by atoms with van der Waals surface area (Å²) in [7, 11) is 1.52. The van der Waals surface area contributed by atoms with Crippen LogP contribution in [0.5, 0.6) is 0 Å². The van der Waals surface area contributed by atoms with Crippen LogP contribution in [-0.2, 0) is 16.1 Å². The summed E-state index contributed by atoms with van der Waals surface area (Å²) in [5.41, 5.74) is 0.320. The summed E-state index contributed by atoms with van der Waals surface area (Å²) < 4.78 is 7.65. The largest absolute Gasteiger partial charge is 0.478 e. The molecule has 27 heavy (non-hydrogen) atoms. The van der Waals surface area contributed by atoms with Gasteiger partial charge in [0.15, 0.2) is 5.69 Å². The third-order valence-corrected chi connectivity index (χ3v) is 3.78. The fourth-order valence-electron chi connectivity index (χ4n) is 2.21. The van der Waals surface area contributed by atoms with Gasteiger partial charge in [0.05, 0.1) is 24.1 Å². The minimum Gasteiger partial charge on any atom is -0.478 e. The molecule has 11 heteroatoms. The third-order valence-electron chi connectivity index (χ3n) is 3.78. The van der Waals surface area contributed by atoms with Crippen LogP contribution in [0.1, 0.15) is 40.7 Å². The second-order valence-corrected chi connectivity index (χ2v) is 5.68. The molecule has 0 aliphatic carbocycles. The highest BCUT2D eigenvalue weighted by Crippen LogP contribution is 2.17. The zero-order chi connectivity index (χ0) is 20.0. The number of hydrogen-bond donors (Lipinski definition) is 3. The van der Waals surface area contributed by atoms with E-state index in [1.54, 1.807) is 13.1 Å². The molecule has 0 fully saturated rings. The molecule has 0 saturated carbocycles. The first kappa shape index (κ1) is 20.1. The lowest BCUT2D eigenvalue weighted by Gasteiger charge is -2.12. The van der Waals surface area contributed by atoms with E-state index in [1.165, 1.54) is 22.7 Å². The second kappa shape index (κ2) is 8.94. The Morgan fingerprint density at radius 3 is 2.67 bits per heavy atom. The van der Waals surface area contributed by atoms with E-state index in [0.29, 0.717) is 19.7 Å². The highest BCUT2D eigenvalue weighted by atomic mass is 16.5. The number of ether oxygens (including phenoxy) is 1. The van der Waals surface area contributed by atoms with Crippen molar-refractivity contribution in [1.29, 1.82) is 0 Å². The van der Waals surface area contributed by atoms with Crippen molar-refractivity contribution in [3.05, 3.63) is 29.8 Å². The fourth-order valence-corrected chi connectivity index (χ4v) is 2.21. The monoisotopic (exact) mass is 378 g/mol. The smallest absolute Gasteiger partial charge is 0.338 e. The highest BCUT2D eigenvalue weighted by Gasteiger charge is 2.22. The maximum Gasteiger partial charge on any atom is 0.338 e. The molecule has 0 aromatic carbocycles. The molecule has 0 aliphatic rings. The minimum atomic E-state index is -1.13. The number of hydrogen-bond acceptors (Lipinski definition) is 6. The Morgan fingerprint density at radius 2 is 2.07 bits per heavy atom. The Hall–Kier alpha value is -3.21. The molecule has 11 nitrogen and oxygen atoms in total. The van der Waals surface area contributed by atoms with Crippen molar-refractivity contribution in [1.82, 2.24) is 24.9 Å². The molecule has 146 valence electrons. The van der Waals surface area contributed by atoms with Gasteiger partial charge in [-0.05, 0) is 13.8 Å². The summed E-state index contributed by atoms with van der Waals surface area (Å²) in [5, 5.41) is 22.3. The Bertz CT molecular complexity index is 827. The van der Waals surface area contributed by atoms with Crippen LogP contribution in [0.4, 0.5) is 5.69 Å². The number of anilines is 1. The molecule has 0 aliphatic heterocycles. The van der Waals surface area contributed by atoms with Gasteiger partial charge in [-0.1, -0.05) is 0 Å². The SMILES string of the molecule is CCn1cc(NC(=O)C(C)n2cc(C(=O)O)cn2)c(C(=O)NCCOC)n1. The van der Waals surface area contributed by atoms with Crippen molar-refractivity contribution >= 4 is 23.5 Å². The first-order chi connectivity index (χ1) is 12.9. The molecule has 2 heterocycles. The van der Waals surface area contributed by atoms with Crippen molar-refractivity contribution in [2.24, 2.45) is 0 Å². The highest BCUT2D eigenvalue weighted by molar-refractivity contribution is 6.03. The lowest BCUT2D eigenvalue weighted by Crippen LogP contribution is -2.29. The first-order valence-corrected chi connectivity index (χ1v) is 8.30. The molecule has 3 N–H and O–H groups in total. The van der Waals surface area contributed by atoms with Crippen LogP contribution in [0.25, 0.3) is 0 Å². The summed E-state index contributed by atoms with van der Waals surface area (Å²) in [6.45, 7) is 4.60. The van der Waals surface area contributed by atoms with E-state index in [1.807, 2.05) is 6.92 Å². The molecular formula is C16H22N6O5. The van der Waals surface area contributed by atoms with Crippen LogP contribution >= 0.6 is 0 Å². The number of rotatable bonds is 9. The summed E-state index contributed by atoms with van der Waals surface area (Å²) in [5.74, 6) is -2.03. The van der Waals surface area contributed by atoms with Crippen LogP contribution in [0, 0.1) is 0 Å². The van der Waals surface area contributed by atoms with E-state index < -0.39 is 23.8 Å². The number of aromatic carboxylic acids is 1. The van der Waals surface area contributed by atoms with Gasteiger partial charge in [0.25, 0.3) is 5.91 Å². The van der Waals surface area contributed by atoms with E-state index in [2.05, 4.69) is 20.8 Å². The number of carbonyl (C=O) groups excluding carboxylic acids is 2. The van der Waals surface area contributed by atoms with Gasteiger partial charge >= 0.3 is 5.97 Å². The second-order valence-electron chi connectivity index (χ2n) is 5.68. The van der Waals surface area contributed by atoms with Crippen LogP contribution < -0.4 is 10.6 Å². The summed E-state index contributed by atoms with van der Waals surface area (Å²) in [4.78, 5) is 35.8. The van der Waals surface area contributed by atoms with Gasteiger partial charge in [-0.2, -0.15) is 10.2 Å². The summed E-state index contributed by atoms with van der Waals surface area (Å²) in [6, 6.07) is -0.785. The van der Waals surface area contributed by atoms with Crippen molar-refractivity contribution in [2.75, 3.05) is 25.6 Å². The summed E-state index contributed by atoms with van der Waals surface area (Å²) >= 11 is 0. The molecule has 0 saturated heterocycles. The Kier molecular flexibility index (Phi) is 6.66. The van der Waals surface area contributed by atoms with Crippen LogP contribution in [-0.4, -0.2) is 62.7 Å². The molecule has 0 bridgehead atoms. The zero-order valence-corrected chi connectivity index (χ0v) is 15.3. The number of amides is 2. The minimum absolute atomic E-state index is 0.0216. The van der Waals surface area contributed by atoms with Crippen molar-refractivity contribution < 1.29 is 24.2 Å². The number of carbonyl (C=O) groups is 3. The molecule has 2 aromatic heterocycles. The number of aromatic nitrogens is 4. The fraction of sp³-hybridized carbons (Fsp3) is 0.438. The van der Waals surface area contributed by atoms with E-state index in [0.717, 1.165) is 6.20 Å². The predicted molar refractivity (Wildman–Crippen MR) is 94.6 cm³/mol. The summed E-state index contributed by atoms with van der Waals surface area (Å²) in [6.07, 6.45) is 3.98. The van der Waals surface area contributed by atoms with Gasteiger partial charge in [0, 0.05) is 32.6 Å². The number of aryl methyl sites for hydroxylation is 1. The Balaban J connectivity index is 2.14. The molecule has 2 amide bonds. The molecular weight excluding hydrogens is 356 g/mol. The van der Waals surface area contributed by atoms with Crippen LogP contribution in [0.3, 0.4) is 0 Å². The lowest BCUT2D eigenvalue weighted by atomic mass is 10.2. The molecule has 0 spiro atoms. The van der Waals surface area contributed by atoms with Gasteiger partial charge < -0.3 is 20.5 Å². The van der Waals surface area contributed by atoms with E-state index in [-0.39, 0.29) is 16.9 Å². The first-order valence-electron chi connectivity index (χ1n) is 8.30. The molecule has 1 atom stereocenters. The number of carboxylic acid groups (broad SMARTS) is 1. The van der Waals surface area contributed by atoms with Crippen molar-refractivity contribution in [3.63, 3.8) is 0 Å². The molecule has 2 rings (SSSR count). The average Bonchev–Trinajstić information content (AvgIpc) is 3.28. The molecule has 2 aromatic rings. The number of carboxylic acids is 1. The lowest BCUT2D eigenvalue weighted by molar-refractivity contribution is -0.119. The average molecular weight is 378 g/mol. The van der Waals surface area contributed by atoms with Gasteiger partial charge in [0.2, 0.25) is 5.91 Å². The zero-order valence-electron chi connectivity index (χ0n) is 15.3. The Morgan fingerprint density at radius 1 is 1.33 bits per heavy atom. The standard InChI is InChI=1S/C16H22N6O5/c1-4-21-9-12(13(20-21)15(24)17-5-6-27-3)19-14(23)10(2)22-8-11(7-18-22)16(25)26/h7-10H,4-6H2,1-3H3,(H,17,24)(H,19,23)(H,25,26). The normalized spacial score (nSPS) is 11.8. The van der Waals surface area contributed by atoms with E-state index in [4.69, 9.17) is 9.84 Å². The topological polar surface area (TPSA) is 140 Å². The van der Waals surface area contributed by atoms with Gasteiger partial charge in [-0.25, -0.2) is 4.79 Å². The predicted octanol–water partition coefficient (Wildman–Crippen LogP) is 0.374. The van der Waals surface area contributed by atoms with Crippen LogP contribution in [0.2, 0.25) is 0 Å². The van der Waals surface area contributed by atoms with E-state index in [9.17, 15) is 14.4 Å². The maximum absolute atomic E-state index is 12.5. The molecule has 1 unspecified atom stereocenters. The van der Waals surface area contributed by atoms with E-state index >= 15 is 0 Å². The number of nitrogens with one attached hydrogen (secondary N) is 2. The van der Waals surface area contributed by atoms with Gasteiger partial charge in [-0.3, -0.25) is 19.0 Å². The Labute approximate surface area is 155 Å². The van der Waals surface area contributed by atoms with Crippen molar-refractivity contribution in [2.45, 2.75) is 26.4 Å². The quantitative estimate of drug-likeness (QED) is 0.536. The van der Waals surface area contributed by atoms with Gasteiger partial charge in [-0.15, -0.1) is 0 Å². The molecule has 0 radical (unpaired) electrons. The van der Waals surface area contributed by atoms with Gasteiger partial charge in [0.1, 0.15) is 6.04 Å². The van der Waals surface area contributed by atoms with Crippen molar-refractivity contribution in [3.8, 4) is 0 Å².